The Bertz CT molecular complexity index is 1330. The summed E-state index contributed by atoms with van der Waals surface area (Å²) < 4.78 is 13.6. The molecule has 1 aliphatic rings. The van der Waals surface area contributed by atoms with Crippen LogP contribution in [0.3, 0.4) is 0 Å². The Morgan fingerprint density at radius 1 is 0.875 bits per heavy atom. The highest BCUT2D eigenvalue weighted by atomic mass is 19.1. The van der Waals surface area contributed by atoms with E-state index in [-0.39, 0.29) is 55.6 Å². The molecular weight excluding hydrogens is 509 g/mol. The summed E-state index contributed by atoms with van der Waals surface area (Å²) in [4.78, 5) is 55.5. The molecule has 0 unspecified atom stereocenters. The van der Waals surface area contributed by atoms with Crippen LogP contribution in [0, 0.1) is 5.82 Å². The number of benzene rings is 3. The van der Waals surface area contributed by atoms with E-state index in [1.807, 2.05) is 44.2 Å². The van der Waals surface area contributed by atoms with E-state index in [1.54, 1.807) is 36.4 Å². The van der Waals surface area contributed by atoms with E-state index in [0.717, 1.165) is 12.0 Å². The molecule has 0 radical (unpaired) electrons. The second-order valence-corrected chi connectivity index (χ2v) is 10.1. The number of halogens is 1. The van der Waals surface area contributed by atoms with Crippen LogP contribution >= 0.6 is 0 Å². The molecule has 1 aliphatic heterocycles. The van der Waals surface area contributed by atoms with Gasteiger partial charge < -0.3 is 10.2 Å². The molecule has 0 saturated carbocycles. The van der Waals surface area contributed by atoms with Crippen molar-refractivity contribution < 1.29 is 23.6 Å². The van der Waals surface area contributed by atoms with E-state index in [4.69, 9.17) is 0 Å². The van der Waals surface area contributed by atoms with Crippen molar-refractivity contribution >= 4 is 23.6 Å². The van der Waals surface area contributed by atoms with E-state index in [0.29, 0.717) is 23.1 Å². The van der Waals surface area contributed by atoms with Gasteiger partial charge in [-0.2, -0.15) is 0 Å². The molecule has 0 fully saturated rings. The summed E-state index contributed by atoms with van der Waals surface area (Å²) in [6, 6.07) is 21.1. The summed E-state index contributed by atoms with van der Waals surface area (Å²) in [5, 5.41) is 3.01. The van der Waals surface area contributed by atoms with Crippen LogP contribution in [0.5, 0.6) is 0 Å². The van der Waals surface area contributed by atoms with Gasteiger partial charge in [0.2, 0.25) is 11.8 Å². The average molecular weight is 544 g/mol. The lowest BCUT2D eigenvalue weighted by Crippen LogP contribution is -2.52. The molecule has 3 aromatic rings. The fraction of sp³-hybridized carbons (Fsp3) is 0.312. The molecule has 3 aromatic carbocycles. The third-order valence-corrected chi connectivity index (χ3v) is 7.19. The summed E-state index contributed by atoms with van der Waals surface area (Å²) in [6.45, 7) is 4.08. The van der Waals surface area contributed by atoms with Crippen molar-refractivity contribution in [2.45, 2.75) is 58.2 Å². The number of nitrogens with one attached hydrogen (secondary N) is 1. The molecule has 0 saturated heterocycles. The highest BCUT2D eigenvalue weighted by Crippen LogP contribution is 2.23. The van der Waals surface area contributed by atoms with E-state index < -0.39 is 11.9 Å². The third-order valence-electron chi connectivity index (χ3n) is 7.19. The molecule has 7 nitrogen and oxygen atoms in total. The molecule has 4 amide bonds. The SMILES string of the molecule is CC[C@H](C)NC(=O)[C@H](Cc1ccccc1)N(Cc1ccc(F)cc1)C(=O)CCCN1C(=O)c2ccccc2C1=O. The maximum absolute atomic E-state index is 13.7. The second-order valence-electron chi connectivity index (χ2n) is 10.1. The minimum atomic E-state index is -0.812. The first-order valence-electron chi connectivity index (χ1n) is 13.6. The Labute approximate surface area is 234 Å². The second kappa shape index (κ2) is 13.2. The van der Waals surface area contributed by atoms with Crippen LogP contribution in [0.1, 0.15) is 65.0 Å². The normalized spacial score (nSPS) is 14.0. The number of carbonyl (C=O) groups is 4. The van der Waals surface area contributed by atoms with E-state index in [2.05, 4.69) is 5.32 Å². The topological polar surface area (TPSA) is 86.8 Å². The first-order chi connectivity index (χ1) is 19.3. The highest BCUT2D eigenvalue weighted by Gasteiger charge is 2.35. The molecule has 0 aromatic heterocycles. The number of hydrogen-bond donors (Lipinski definition) is 1. The standard InChI is InChI=1S/C32H34FN3O4/c1-3-22(2)34-30(38)28(20-23-10-5-4-6-11-23)36(21-24-15-17-25(33)18-16-24)29(37)14-9-19-35-31(39)26-12-7-8-13-27(26)32(35)40/h4-8,10-13,15-18,22,28H,3,9,14,19-21H2,1-2H3,(H,34,38)/t22-,28-/m0/s1. The number of hydrogen-bond acceptors (Lipinski definition) is 4. The molecule has 2 atom stereocenters. The summed E-state index contributed by atoms with van der Waals surface area (Å²) >= 11 is 0. The Balaban J connectivity index is 1.54. The quantitative estimate of drug-likeness (QED) is 0.334. The van der Waals surface area contributed by atoms with Crippen molar-refractivity contribution in [1.82, 2.24) is 15.1 Å². The van der Waals surface area contributed by atoms with Crippen molar-refractivity contribution in [3.05, 3.63) is 107 Å². The Kier molecular flexibility index (Phi) is 9.43. The molecule has 4 rings (SSSR count). The van der Waals surface area contributed by atoms with Crippen molar-refractivity contribution in [1.29, 1.82) is 0 Å². The van der Waals surface area contributed by atoms with E-state index >= 15 is 0 Å². The molecule has 0 bridgehead atoms. The first kappa shape index (κ1) is 28.7. The van der Waals surface area contributed by atoms with Crippen LogP contribution in [0.25, 0.3) is 0 Å². The summed E-state index contributed by atoms with van der Waals surface area (Å²) in [5.74, 6) is -1.69. The maximum atomic E-state index is 13.7. The van der Waals surface area contributed by atoms with E-state index in [9.17, 15) is 23.6 Å². The van der Waals surface area contributed by atoms with Crippen LogP contribution < -0.4 is 5.32 Å². The van der Waals surface area contributed by atoms with Crippen LogP contribution in [0.2, 0.25) is 0 Å². The number of carbonyl (C=O) groups excluding carboxylic acids is 4. The Hall–Kier alpha value is -4.33. The lowest BCUT2D eigenvalue weighted by Gasteiger charge is -2.32. The Morgan fingerprint density at radius 3 is 2.08 bits per heavy atom. The largest absolute Gasteiger partial charge is 0.352 e. The summed E-state index contributed by atoms with van der Waals surface area (Å²) in [6.07, 6.45) is 1.30. The molecule has 8 heteroatoms. The van der Waals surface area contributed by atoms with Crippen molar-refractivity contribution in [2.75, 3.05) is 6.54 Å². The molecule has 1 heterocycles. The lowest BCUT2D eigenvalue weighted by molar-refractivity contribution is -0.141. The van der Waals surface area contributed by atoms with Crippen LogP contribution in [-0.2, 0) is 22.6 Å². The number of fused-ring (bicyclic) bond motifs is 1. The third kappa shape index (κ3) is 6.81. The monoisotopic (exact) mass is 543 g/mol. The van der Waals surface area contributed by atoms with Gasteiger partial charge in [-0.05, 0) is 55.2 Å². The minimum Gasteiger partial charge on any atom is -0.352 e. The van der Waals surface area contributed by atoms with Crippen LogP contribution in [-0.4, -0.2) is 52.1 Å². The molecule has 208 valence electrons. The smallest absolute Gasteiger partial charge is 0.261 e. The molecular formula is C32H34FN3O4. The van der Waals surface area contributed by atoms with Gasteiger partial charge in [0.15, 0.2) is 0 Å². The van der Waals surface area contributed by atoms with Crippen molar-refractivity contribution in [3.8, 4) is 0 Å². The number of imide groups is 1. The van der Waals surface area contributed by atoms with Gasteiger partial charge in [0, 0.05) is 32.0 Å². The number of amides is 4. The molecule has 0 aliphatic carbocycles. The van der Waals surface area contributed by atoms with Gasteiger partial charge in [0.1, 0.15) is 11.9 Å². The van der Waals surface area contributed by atoms with Gasteiger partial charge in [-0.15, -0.1) is 0 Å². The van der Waals surface area contributed by atoms with Gasteiger partial charge in [-0.1, -0.05) is 61.5 Å². The van der Waals surface area contributed by atoms with Gasteiger partial charge in [-0.3, -0.25) is 24.1 Å². The minimum absolute atomic E-state index is 0.0243. The fourth-order valence-corrected chi connectivity index (χ4v) is 4.76. The van der Waals surface area contributed by atoms with Gasteiger partial charge >= 0.3 is 0 Å². The zero-order valence-corrected chi connectivity index (χ0v) is 22.8. The zero-order valence-electron chi connectivity index (χ0n) is 22.8. The molecule has 1 N–H and O–H groups in total. The predicted octanol–water partition coefficient (Wildman–Crippen LogP) is 4.76. The lowest BCUT2D eigenvalue weighted by atomic mass is 10.0. The average Bonchev–Trinajstić information content (AvgIpc) is 3.21. The predicted molar refractivity (Wildman–Crippen MR) is 150 cm³/mol. The van der Waals surface area contributed by atoms with Crippen LogP contribution in [0.15, 0.2) is 78.9 Å². The van der Waals surface area contributed by atoms with Crippen molar-refractivity contribution in [3.63, 3.8) is 0 Å². The van der Waals surface area contributed by atoms with Gasteiger partial charge in [0.25, 0.3) is 11.8 Å². The number of rotatable bonds is 12. The number of nitrogens with zero attached hydrogens (tertiary/aromatic N) is 2. The first-order valence-corrected chi connectivity index (χ1v) is 13.6. The summed E-state index contributed by atoms with van der Waals surface area (Å²) in [5.41, 5.74) is 2.31. The molecule has 0 spiro atoms. The van der Waals surface area contributed by atoms with E-state index in [1.165, 1.54) is 21.9 Å². The fourth-order valence-electron chi connectivity index (χ4n) is 4.76. The van der Waals surface area contributed by atoms with Crippen LogP contribution in [0.4, 0.5) is 4.39 Å². The Morgan fingerprint density at radius 2 is 1.48 bits per heavy atom. The maximum Gasteiger partial charge on any atom is 0.261 e. The zero-order chi connectivity index (χ0) is 28.6. The molecule has 40 heavy (non-hydrogen) atoms. The summed E-state index contributed by atoms with van der Waals surface area (Å²) in [7, 11) is 0. The highest BCUT2D eigenvalue weighted by molar-refractivity contribution is 6.21. The van der Waals surface area contributed by atoms with Crippen molar-refractivity contribution in [2.24, 2.45) is 0 Å². The van der Waals surface area contributed by atoms with Gasteiger partial charge in [0.05, 0.1) is 11.1 Å². The van der Waals surface area contributed by atoms with Gasteiger partial charge in [-0.25, -0.2) is 4.39 Å².